The molecule has 0 radical (unpaired) electrons. The van der Waals surface area contributed by atoms with Crippen molar-refractivity contribution in [2.24, 2.45) is 0 Å². The third-order valence-corrected chi connectivity index (χ3v) is 3.56. The molecule has 100 valence electrons. The zero-order valence-electron chi connectivity index (χ0n) is 10.6. The molecule has 2 aromatic carbocycles. The molecule has 3 rings (SSSR count). The Morgan fingerprint density at radius 3 is 2.30 bits per heavy atom. The van der Waals surface area contributed by atoms with Gasteiger partial charge in [-0.2, -0.15) is 5.10 Å². The fraction of sp³-hybridized carbons (Fsp3) is 0.0625. The first-order valence-electron chi connectivity index (χ1n) is 6.24. The normalized spacial score (nSPS) is 10.7. The maximum absolute atomic E-state index is 5.94. The quantitative estimate of drug-likeness (QED) is 0.627. The highest BCUT2D eigenvalue weighted by Crippen LogP contribution is 2.25. The maximum Gasteiger partial charge on any atom is 0.0783 e. The fourth-order valence-electron chi connectivity index (χ4n) is 2.09. The molecule has 2 nitrogen and oxygen atoms in total. The van der Waals surface area contributed by atoms with E-state index in [9.17, 15) is 0 Å². The lowest BCUT2D eigenvalue weighted by atomic mass is 10.1. The van der Waals surface area contributed by atoms with Crippen molar-refractivity contribution in [1.82, 2.24) is 9.78 Å². The van der Waals surface area contributed by atoms with Gasteiger partial charge in [0, 0.05) is 10.6 Å². The summed E-state index contributed by atoms with van der Waals surface area (Å²) in [7, 11) is 0. The molecule has 0 atom stereocenters. The highest BCUT2D eigenvalue weighted by Gasteiger charge is 2.10. The van der Waals surface area contributed by atoms with E-state index in [1.807, 2.05) is 53.2 Å². The Morgan fingerprint density at radius 1 is 0.950 bits per heavy atom. The lowest BCUT2D eigenvalue weighted by Crippen LogP contribution is -1.99. The van der Waals surface area contributed by atoms with Gasteiger partial charge in [0.05, 0.1) is 23.0 Å². The molecule has 0 bridgehead atoms. The van der Waals surface area contributed by atoms with Gasteiger partial charge in [-0.3, -0.25) is 0 Å². The van der Waals surface area contributed by atoms with E-state index in [1.54, 1.807) is 0 Å². The monoisotopic (exact) mass is 302 g/mol. The summed E-state index contributed by atoms with van der Waals surface area (Å²) in [6, 6.07) is 19.7. The van der Waals surface area contributed by atoms with Gasteiger partial charge in [0.25, 0.3) is 0 Å². The van der Waals surface area contributed by atoms with E-state index in [0.29, 0.717) is 10.9 Å². The van der Waals surface area contributed by atoms with Gasteiger partial charge in [-0.1, -0.05) is 41.9 Å². The van der Waals surface area contributed by atoms with Crippen molar-refractivity contribution in [3.05, 3.63) is 71.4 Å². The van der Waals surface area contributed by atoms with E-state index in [0.717, 1.165) is 22.6 Å². The second-order valence-electron chi connectivity index (χ2n) is 4.41. The van der Waals surface area contributed by atoms with Crippen molar-refractivity contribution >= 4 is 23.2 Å². The Morgan fingerprint density at radius 2 is 1.65 bits per heavy atom. The highest BCUT2D eigenvalue weighted by atomic mass is 35.5. The number of alkyl halides is 1. The Bertz CT molecular complexity index is 703. The Balaban J connectivity index is 2.15. The predicted molar refractivity (Wildman–Crippen MR) is 83.6 cm³/mol. The first-order valence-corrected chi connectivity index (χ1v) is 7.15. The van der Waals surface area contributed by atoms with Crippen LogP contribution < -0.4 is 0 Å². The van der Waals surface area contributed by atoms with Gasteiger partial charge >= 0.3 is 0 Å². The SMILES string of the molecule is ClCc1cc(-c2ccccc2)n(-c2ccc(Cl)cc2)n1. The van der Waals surface area contributed by atoms with Gasteiger partial charge in [-0.15, -0.1) is 11.6 Å². The van der Waals surface area contributed by atoms with Crippen LogP contribution in [0.25, 0.3) is 16.9 Å². The summed E-state index contributed by atoms with van der Waals surface area (Å²) in [5.74, 6) is 0.389. The van der Waals surface area contributed by atoms with Crippen LogP contribution in [0.15, 0.2) is 60.7 Å². The lowest BCUT2D eigenvalue weighted by molar-refractivity contribution is 0.865. The van der Waals surface area contributed by atoms with Gasteiger partial charge in [0.2, 0.25) is 0 Å². The summed E-state index contributed by atoms with van der Waals surface area (Å²) < 4.78 is 1.89. The number of aromatic nitrogens is 2. The van der Waals surface area contributed by atoms with Crippen LogP contribution in [0.4, 0.5) is 0 Å². The molecule has 0 fully saturated rings. The van der Waals surface area contributed by atoms with E-state index in [4.69, 9.17) is 23.2 Å². The molecular weight excluding hydrogens is 291 g/mol. The van der Waals surface area contributed by atoms with Gasteiger partial charge in [0.15, 0.2) is 0 Å². The van der Waals surface area contributed by atoms with E-state index in [1.165, 1.54) is 0 Å². The van der Waals surface area contributed by atoms with E-state index in [2.05, 4.69) is 17.2 Å². The minimum Gasteiger partial charge on any atom is -0.233 e. The number of rotatable bonds is 3. The summed E-state index contributed by atoms with van der Waals surface area (Å²) in [5.41, 5.74) is 3.93. The molecule has 0 amide bonds. The van der Waals surface area contributed by atoms with Crippen LogP contribution in [-0.2, 0) is 5.88 Å². The lowest BCUT2D eigenvalue weighted by Gasteiger charge is -2.07. The third-order valence-electron chi connectivity index (χ3n) is 3.04. The van der Waals surface area contributed by atoms with Crippen molar-refractivity contribution in [3.8, 4) is 16.9 Å². The molecule has 3 aromatic rings. The molecular formula is C16H12Cl2N2. The summed E-state index contributed by atoms with van der Waals surface area (Å²) in [6.07, 6.45) is 0. The van der Waals surface area contributed by atoms with Crippen molar-refractivity contribution in [2.75, 3.05) is 0 Å². The average molecular weight is 303 g/mol. The summed E-state index contributed by atoms with van der Waals surface area (Å²) in [4.78, 5) is 0. The van der Waals surface area contributed by atoms with E-state index >= 15 is 0 Å². The average Bonchev–Trinajstić information content (AvgIpc) is 2.93. The largest absolute Gasteiger partial charge is 0.233 e. The van der Waals surface area contributed by atoms with Crippen LogP contribution in [0, 0.1) is 0 Å². The zero-order valence-corrected chi connectivity index (χ0v) is 12.1. The van der Waals surface area contributed by atoms with Gasteiger partial charge < -0.3 is 0 Å². The molecule has 0 N–H and O–H groups in total. The van der Waals surface area contributed by atoms with Crippen LogP contribution in [0.3, 0.4) is 0 Å². The third kappa shape index (κ3) is 2.58. The van der Waals surface area contributed by atoms with Crippen LogP contribution in [0.1, 0.15) is 5.69 Å². The summed E-state index contributed by atoms with van der Waals surface area (Å²) in [5, 5.41) is 5.25. The topological polar surface area (TPSA) is 17.8 Å². The van der Waals surface area contributed by atoms with Crippen molar-refractivity contribution < 1.29 is 0 Å². The number of nitrogens with zero attached hydrogens (tertiary/aromatic N) is 2. The maximum atomic E-state index is 5.94. The van der Waals surface area contributed by atoms with Crippen LogP contribution in [0.5, 0.6) is 0 Å². The second kappa shape index (κ2) is 5.70. The standard InChI is InChI=1S/C16H12Cl2N2/c17-11-14-10-16(12-4-2-1-3-5-12)20(19-14)15-8-6-13(18)7-9-15/h1-10H,11H2. The second-order valence-corrected chi connectivity index (χ2v) is 5.11. The first kappa shape index (κ1) is 13.2. The first-order chi connectivity index (χ1) is 9.78. The summed E-state index contributed by atoms with van der Waals surface area (Å²) in [6.45, 7) is 0. The van der Waals surface area contributed by atoms with Gasteiger partial charge in [-0.25, -0.2) is 4.68 Å². The Kier molecular flexibility index (Phi) is 3.77. The molecule has 0 aliphatic carbocycles. The molecule has 0 saturated carbocycles. The van der Waals surface area contributed by atoms with Crippen molar-refractivity contribution in [3.63, 3.8) is 0 Å². The molecule has 20 heavy (non-hydrogen) atoms. The fourth-order valence-corrected chi connectivity index (χ4v) is 2.35. The number of hydrogen-bond donors (Lipinski definition) is 0. The Hall–Kier alpha value is -1.77. The number of benzene rings is 2. The number of hydrogen-bond acceptors (Lipinski definition) is 1. The molecule has 1 heterocycles. The van der Waals surface area contributed by atoms with E-state index in [-0.39, 0.29) is 0 Å². The molecule has 4 heteroatoms. The zero-order chi connectivity index (χ0) is 13.9. The van der Waals surface area contributed by atoms with Crippen molar-refractivity contribution in [1.29, 1.82) is 0 Å². The minimum atomic E-state index is 0.389. The highest BCUT2D eigenvalue weighted by molar-refractivity contribution is 6.30. The van der Waals surface area contributed by atoms with E-state index < -0.39 is 0 Å². The minimum absolute atomic E-state index is 0.389. The summed E-state index contributed by atoms with van der Waals surface area (Å²) >= 11 is 11.9. The van der Waals surface area contributed by atoms with Gasteiger partial charge in [-0.05, 0) is 30.3 Å². The molecule has 0 spiro atoms. The molecule has 0 saturated heterocycles. The van der Waals surface area contributed by atoms with Crippen molar-refractivity contribution in [2.45, 2.75) is 5.88 Å². The van der Waals surface area contributed by atoms with Crippen LogP contribution in [0.2, 0.25) is 5.02 Å². The van der Waals surface area contributed by atoms with Crippen LogP contribution in [-0.4, -0.2) is 9.78 Å². The smallest absolute Gasteiger partial charge is 0.0783 e. The Labute approximate surface area is 127 Å². The molecule has 0 aliphatic heterocycles. The number of halogens is 2. The molecule has 1 aromatic heterocycles. The molecule has 0 aliphatic rings. The molecule has 0 unspecified atom stereocenters. The van der Waals surface area contributed by atoms with Gasteiger partial charge in [0.1, 0.15) is 0 Å². The van der Waals surface area contributed by atoms with Crippen LogP contribution >= 0.6 is 23.2 Å². The predicted octanol–water partition coefficient (Wildman–Crippen LogP) is 4.93.